The number of para-hydroxylation sites is 2. The van der Waals surface area contributed by atoms with Crippen LogP contribution in [0.15, 0.2) is 58.2 Å². The highest BCUT2D eigenvalue weighted by atomic mass is 32.2. The lowest BCUT2D eigenvalue weighted by molar-refractivity contribution is -0.127. The number of carbonyl (C=O) groups is 3. The Balaban J connectivity index is 1.66. The van der Waals surface area contributed by atoms with E-state index in [1.54, 1.807) is 24.3 Å². The Labute approximate surface area is 171 Å². The lowest BCUT2D eigenvalue weighted by atomic mass is 10.1. The van der Waals surface area contributed by atoms with E-state index in [1.165, 1.54) is 25.7 Å². The SMILES string of the molecule is CNC(=O)NC(=O)[C@H](C)OC(=O)c1ccccc1CSc1nc2ccccc2o1. The summed E-state index contributed by atoms with van der Waals surface area (Å²) in [6.45, 7) is 1.39. The molecule has 3 amide bonds. The predicted octanol–water partition coefficient (Wildman–Crippen LogP) is 3.12. The van der Waals surface area contributed by atoms with Crippen LogP contribution in [0.1, 0.15) is 22.8 Å². The van der Waals surface area contributed by atoms with E-state index in [-0.39, 0.29) is 0 Å². The third-order valence-corrected chi connectivity index (χ3v) is 4.86. The standard InChI is InChI=1S/C20H19N3O5S/c1-12(17(24)23-19(26)21-2)27-18(25)14-8-4-3-7-13(14)11-29-20-22-15-9-5-6-10-16(15)28-20/h3-10,12H,11H2,1-2H3,(H2,21,23,24,26)/t12-/m0/s1. The third-order valence-electron chi connectivity index (χ3n) is 3.98. The van der Waals surface area contributed by atoms with Crippen molar-refractivity contribution >= 4 is 40.8 Å². The largest absolute Gasteiger partial charge is 0.449 e. The lowest BCUT2D eigenvalue weighted by Gasteiger charge is -2.14. The fraction of sp³-hybridized carbons (Fsp3) is 0.200. The molecule has 0 fully saturated rings. The number of aromatic nitrogens is 1. The van der Waals surface area contributed by atoms with Gasteiger partial charge in [0.1, 0.15) is 5.52 Å². The maximum Gasteiger partial charge on any atom is 0.339 e. The molecule has 0 aliphatic heterocycles. The summed E-state index contributed by atoms with van der Waals surface area (Å²) in [5.74, 6) is -0.939. The summed E-state index contributed by atoms with van der Waals surface area (Å²) in [5.41, 5.74) is 2.50. The summed E-state index contributed by atoms with van der Waals surface area (Å²) in [6.07, 6.45) is -1.13. The molecule has 3 aromatic rings. The molecule has 2 N–H and O–H groups in total. The highest BCUT2D eigenvalue weighted by Gasteiger charge is 2.22. The quantitative estimate of drug-likeness (QED) is 0.472. The van der Waals surface area contributed by atoms with Gasteiger partial charge in [-0.2, -0.15) is 0 Å². The highest BCUT2D eigenvalue weighted by molar-refractivity contribution is 7.98. The number of thioether (sulfide) groups is 1. The second-order valence-corrected chi connectivity index (χ2v) is 6.94. The van der Waals surface area contributed by atoms with Crippen LogP contribution in [0.2, 0.25) is 0 Å². The summed E-state index contributed by atoms with van der Waals surface area (Å²) in [4.78, 5) is 40.0. The van der Waals surface area contributed by atoms with Gasteiger partial charge in [-0.25, -0.2) is 14.6 Å². The number of oxazole rings is 1. The van der Waals surface area contributed by atoms with E-state index in [0.717, 1.165) is 5.52 Å². The minimum atomic E-state index is -1.13. The number of carbonyl (C=O) groups excluding carboxylic acids is 3. The number of nitrogens with zero attached hydrogens (tertiary/aromatic N) is 1. The number of ether oxygens (including phenoxy) is 1. The topological polar surface area (TPSA) is 111 Å². The Kier molecular flexibility index (Phi) is 6.50. The van der Waals surface area contributed by atoms with Crippen molar-refractivity contribution in [3.63, 3.8) is 0 Å². The molecule has 0 bridgehead atoms. The molecule has 3 rings (SSSR count). The Morgan fingerprint density at radius 2 is 1.86 bits per heavy atom. The number of imide groups is 1. The van der Waals surface area contributed by atoms with Crippen LogP contribution in [0.3, 0.4) is 0 Å². The number of fused-ring (bicyclic) bond motifs is 1. The van der Waals surface area contributed by atoms with Gasteiger partial charge in [-0.3, -0.25) is 10.1 Å². The van der Waals surface area contributed by atoms with Gasteiger partial charge in [0.25, 0.3) is 11.1 Å². The molecular weight excluding hydrogens is 394 g/mol. The first-order chi connectivity index (χ1) is 14.0. The number of hydrogen-bond donors (Lipinski definition) is 2. The lowest BCUT2D eigenvalue weighted by Crippen LogP contribution is -2.43. The first kappa shape index (κ1) is 20.4. The van der Waals surface area contributed by atoms with E-state index in [1.807, 2.05) is 24.3 Å². The molecule has 150 valence electrons. The summed E-state index contributed by atoms with van der Waals surface area (Å²) in [7, 11) is 1.38. The monoisotopic (exact) mass is 413 g/mol. The van der Waals surface area contributed by atoms with Gasteiger partial charge in [0.05, 0.1) is 5.56 Å². The number of nitrogens with one attached hydrogen (secondary N) is 2. The molecule has 1 aromatic heterocycles. The minimum Gasteiger partial charge on any atom is -0.449 e. The van der Waals surface area contributed by atoms with Crippen LogP contribution in [0.4, 0.5) is 4.79 Å². The van der Waals surface area contributed by atoms with Crippen LogP contribution in [0, 0.1) is 0 Å². The molecule has 9 heteroatoms. The summed E-state index contributed by atoms with van der Waals surface area (Å²) in [5, 5.41) is 4.82. The van der Waals surface area contributed by atoms with Crippen molar-refractivity contribution in [2.24, 2.45) is 0 Å². The summed E-state index contributed by atoms with van der Waals surface area (Å²) in [6, 6.07) is 13.7. The Morgan fingerprint density at radius 3 is 2.62 bits per heavy atom. The molecule has 1 heterocycles. The van der Waals surface area contributed by atoms with Crippen LogP contribution < -0.4 is 10.6 Å². The fourth-order valence-corrected chi connectivity index (χ4v) is 3.29. The number of esters is 1. The average Bonchev–Trinajstić information content (AvgIpc) is 3.15. The van der Waals surface area contributed by atoms with E-state index in [4.69, 9.17) is 9.15 Å². The van der Waals surface area contributed by atoms with E-state index in [0.29, 0.717) is 27.7 Å². The van der Waals surface area contributed by atoms with Crippen LogP contribution in [0.25, 0.3) is 11.1 Å². The van der Waals surface area contributed by atoms with Gasteiger partial charge in [-0.15, -0.1) is 0 Å². The van der Waals surface area contributed by atoms with Crippen molar-refractivity contribution in [2.45, 2.75) is 24.0 Å². The summed E-state index contributed by atoms with van der Waals surface area (Å²) >= 11 is 1.35. The molecule has 2 aromatic carbocycles. The van der Waals surface area contributed by atoms with Crippen LogP contribution in [0.5, 0.6) is 0 Å². The first-order valence-electron chi connectivity index (χ1n) is 8.77. The van der Waals surface area contributed by atoms with Crippen molar-refractivity contribution in [1.29, 1.82) is 0 Å². The van der Waals surface area contributed by atoms with Gasteiger partial charge in [0, 0.05) is 12.8 Å². The molecule has 0 radical (unpaired) electrons. The zero-order valence-corrected chi connectivity index (χ0v) is 16.6. The van der Waals surface area contributed by atoms with Crippen molar-refractivity contribution in [1.82, 2.24) is 15.6 Å². The molecule has 0 saturated heterocycles. The molecule has 1 atom stereocenters. The number of hydrogen-bond acceptors (Lipinski definition) is 7. The Morgan fingerprint density at radius 1 is 1.14 bits per heavy atom. The molecule has 0 saturated carbocycles. The molecule has 0 spiro atoms. The van der Waals surface area contributed by atoms with Crippen LogP contribution >= 0.6 is 11.8 Å². The molecule has 0 aliphatic rings. The number of amides is 3. The smallest absolute Gasteiger partial charge is 0.339 e. The van der Waals surface area contributed by atoms with Crippen molar-refractivity contribution in [3.8, 4) is 0 Å². The van der Waals surface area contributed by atoms with Gasteiger partial charge in [-0.1, -0.05) is 42.1 Å². The third kappa shape index (κ3) is 5.14. The average molecular weight is 413 g/mol. The van der Waals surface area contributed by atoms with E-state index >= 15 is 0 Å². The first-order valence-corrected chi connectivity index (χ1v) is 9.76. The molecular formula is C20H19N3O5S. The van der Waals surface area contributed by atoms with E-state index < -0.39 is 24.0 Å². The molecule has 29 heavy (non-hydrogen) atoms. The van der Waals surface area contributed by atoms with Gasteiger partial charge in [0.2, 0.25) is 0 Å². The maximum atomic E-state index is 12.5. The number of urea groups is 1. The zero-order valence-electron chi connectivity index (χ0n) is 15.8. The Bertz CT molecular complexity index is 1020. The Hall–Kier alpha value is -3.33. The molecule has 0 aliphatic carbocycles. The number of benzene rings is 2. The second-order valence-electron chi connectivity index (χ2n) is 6.01. The predicted molar refractivity (Wildman–Crippen MR) is 107 cm³/mol. The highest BCUT2D eigenvalue weighted by Crippen LogP contribution is 2.27. The normalized spacial score (nSPS) is 11.7. The maximum absolute atomic E-state index is 12.5. The van der Waals surface area contributed by atoms with Gasteiger partial charge < -0.3 is 14.5 Å². The van der Waals surface area contributed by atoms with E-state index in [9.17, 15) is 14.4 Å². The second kappa shape index (κ2) is 9.24. The van der Waals surface area contributed by atoms with Crippen LogP contribution in [-0.2, 0) is 15.3 Å². The molecule has 0 unspecified atom stereocenters. The fourth-order valence-electron chi connectivity index (χ4n) is 2.45. The minimum absolute atomic E-state index is 0.329. The van der Waals surface area contributed by atoms with Crippen molar-refractivity contribution < 1.29 is 23.5 Å². The number of rotatable bonds is 6. The van der Waals surface area contributed by atoms with Gasteiger partial charge in [-0.05, 0) is 30.7 Å². The summed E-state index contributed by atoms with van der Waals surface area (Å²) < 4.78 is 10.9. The zero-order chi connectivity index (χ0) is 20.8. The van der Waals surface area contributed by atoms with E-state index in [2.05, 4.69) is 15.6 Å². The van der Waals surface area contributed by atoms with Crippen molar-refractivity contribution in [2.75, 3.05) is 7.05 Å². The van der Waals surface area contributed by atoms with Crippen LogP contribution in [-0.4, -0.2) is 36.0 Å². The molecule has 8 nitrogen and oxygen atoms in total. The van der Waals surface area contributed by atoms with Gasteiger partial charge >= 0.3 is 12.0 Å². The van der Waals surface area contributed by atoms with Crippen molar-refractivity contribution in [3.05, 3.63) is 59.7 Å². The van der Waals surface area contributed by atoms with Gasteiger partial charge in [0.15, 0.2) is 11.7 Å².